The first-order valence-electron chi connectivity index (χ1n) is 10.0. The smallest absolute Gasteiger partial charge is 0.337 e. The molecule has 0 bridgehead atoms. The van der Waals surface area contributed by atoms with Gasteiger partial charge in [0.2, 0.25) is 5.82 Å². The molecule has 174 valence electrons. The van der Waals surface area contributed by atoms with Crippen molar-refractivity contribution >= 4 is 28.9 Å². The van der Waals surface area contributed by atoms with E-state index in [1.54, 1.807) is 40.3 Å². The van der Waals surface area contributed by atoms with Crippen LogP contribution in [0.4, 0.5) is 24.8 Å². The minimum absolute atomic E-state index is 0.150. The normalized spacial score (nSPS) is 13.6. The van der Waals surface area contributed by atoms with Crippen LogP contribution in [-0.2, 0) is 12.7 Å². The zero-order valence-corrected chi connectivity index (χ0v) is 18.1. The molecule has 34 heavy (non-hydrogen) atoms. The number of halogens is 3. The minimum Gasteiger partial charge on any atom is -0.337 e. The van der Waals surface area contributed by atoms with Gasteiger partial charge in [-0.3, -0.25) is 9.78 Å². The summed E-state index contributed by atoms with van der Waals surface area (Å²) in [6.45, 7) is 1.68. The molecule has 1 amide bonds. The number of anilines is 2. The Morgan fingerprint density at radius 1 is 1.12 bits per heavy atom. The number of likely N-dealkylation sites (tertiary alicyclic amines) is 1. The summed E-state index contributed by atoms with van der Waals surface area (Å²) in [6.07, 6.45) is 0.858. The van der Waals surface area contributed by atoms with Gasteiger partial charge in [0.1, 0.15) is 0 Å². The molecule has 0 saturated carbocycles. The van der Waals surface area contributed by atoms with Crippen LogP contribution < -0.4 is 4.90 Å². The Bertz CT molecular complexity index is 1290. The molecule has 0 aromatic carbocycles. The minimum atomic E-state index is -4.71. The van der Waals surface area contributed by atoms with Crippen molar-refractivity contribution in [2.45, 2.75) is 19.1 Å². The molecule has 0 atom stereocenters. The number of nitrogens with zero attached hydrogens (tertiary/aromatic N) is 8. The summed E-state index contributed by atoms with van der Waals surface area (Å²) < 4.78 is 42.6. The standard InChI is InChI=1S/C20H15F3N8O2S/c21-20(22,23)19-26-17(29-33-19)14-4-2-12(34-14)11-31(16-10-24-6-7-25-16)15-5-3-13(27-28-15)18(32)30-8-1-9-30/h2-7,10H,1,8-9,11H2. The number of hydrogen-bond acceptors (Lipinski definition) is 10. The summed E-state index contributed by atoms with van der Waals surface area (Å²) >= 11 is 1.20. The molecule has 5 heterocycles. The Hall–Kier alpha value is -3.94. The van der Waals surface area contributed by atoms with Gasteiger partial charge >= 0.3 is 12.1 Å². The SMILES string of the molecule is O=C(c1ccc(N(Cc2ccc(-c3noc(C(F)(F)F)n3)s2)c2cnccn2)nn1)N1CCC1. The number of aromatic nitrogens is 6. The first-order chi connectivity index (χ1) is 16.4. The highest BCUT2D eigenvalue weighted by molar-refractivity contribution is 7.15. The first-order valence-corrected chi connectivity index (χ1v) is 10.9. The molecule has 5 rings (SSSR count). The quantitative estimate of drug-likeness (QED) is 0.402. The van der Waals surface area contributed by atoms with Crippen molar-refractivity contribution in [2.24, 2.45) is 0 Å². The lowest BCUT2D eigenvalue weighted by Gasteiger charge is -2.30. The van der Waals surface area contributed by atoms with Gasteiger partial charge in [-0.05, 0) is 30.7 Å². The van der Waals surface area contributed by atoms with E-state index < -0.39 is 12.1 Å². The zero-order valence-electron chi connectivity index (χ0n) is 17.3. The second kappa shape index (κ2) is 8.78. The molecule has 1 aliphatic rings. The van der Waals surface area contributed by atoms with Crippen molar-refractivity contribution in [3.05, 3.63) is 59.3 Å². The van der Waals surface area contributed by atoms with E-state index in [1.807, 2.05) is 0 Å². The highest BCUT2D eigenvalue weighted by Crippen LogP contribution is 2.33. The molecule has 1 aliphatic heterocycles. The van der Waals surface area contributed by atoms with Crippen LogP contribution in [0.3, 0.4) is 0 Å². The molecule has 0 unspecified atom stereocenters. The number of rotatable bonds is 6. The number of carbonyl (C=O) groups is 1. The van der Waals surface area contributed by atoms with Gasteiger partial charge in [-0.2, -0.15) is 18.2 Å². The Labute approximate surface area is 194 Å². The van der Waals surface area contributed by atoms with Gasteiger partial charge in [-0.1, -0.05) is 5.16 Å². The van der Waals surface area contributed by atoms with Gasteiger partial charge in [0.05, 0.1) is 17.6 Å². The van der Waals surface area contributed by atoms with Crippen LogP contribution in [0.1, 0.15) is 27.7 Å². The zero-order chi connectivity index (χ0) is 23.7. The number of amides is 1. The fourth-order valence-corrected chi connectivity index (χ4v) is 4.07. The van der Waals surface area contributed by atoms with E-state index in [1.165, 1.54) is 23.7 Å². The van der Waals surface area contributed by atoms with Crippen molar-refractivity contribution in [3.63, 3.8) is 0 Å². The summed E-state index contributed by atoms with van der Waals surface area (Å²) in [6, 6.07) is 6.62. The Balaban J connectivity index is 1.39. The van der Waals surface area contributed by atoms with Crippen LogP contribution in [-0.4, -0.2) is 54.2 Å². The van der Waals surface area contributed by atoms with Crippen molar-refractivity contribution in [1.29, 1.82) is 0 Å². The Morgan fingerprint density at radius 2 is 1.97 bits per heavy atom. The van der Waals surface area contributed by atoms with Crippen molar-refractivity contribution in [2.75, 3.05) is 18.0 Å². The second-order valence-corrected chi connectivity index (χ2v) is 8.43. The number of thiophene rings is 1. The number of alkyl halides is 3. The van der Waals surface area contributed by atoms with E-state index in [2.05, 4.69) is 34.8 Å². The number of carbonyl (C=O) groups excluding carboxylic acids is 1. The van der Waals surface area contributed by atoms with Crippen LogP contribution >= 0.6 is 11.3 Å². The van der Waals surface area contributed by atoms with E-state index in [4.69, 9.17) is 0 Å². The summed E-state index contributed by atoms with van der Waals surface area (Å²) in [5.41, 5.74) is 0.249. The van der Waals surface area contributed by atoms with Crippen LogP contribution in [0.2, 0.25) is 0 Å². The maximum Gasteiger partial charge on any atom is 0.471 e. The van der Waals surface area contributed by atoms with Crippen molar-refractivity contribution < 1.29 is 22.5 Å². The molecule has 1 saturated heterocycles. The van der Waals surface area contributed by atoms with E-state index in [0.717, 1.165) is 11.3 Å². The van der Waals surface area contributed by atoms with Crippen LogP contribution in [0, 0.1) is 0 Å². The summed E-state index contributed by atoms with van der Waals surface area (Å²) in [7, 11) is 0. The third-order valence-corrected chi connectivity index (χ3v) is 6.05. The van der Waals surface area contributed by atoms with Gasteiger partial charge in [0, 0.05) is 30.4 Å². The van der Waals surface area contributed by atoms with Crippen LogP contribution in [0.15, 0.2) is 47.4 Å². The molecule has 1 fully saturated rings. The Kier molecular flexibility index (Phi) is 5.65. The molecule has 10 nitrogen and oxygen atoms in total. The van der Waals surface area contributed by atoms with Gasteiger partial charge in [-0.25, -0.2) is 4.98 Å². The fraction of sp³-hybridized carbons (Fsp3) is 0.250. The average Bonchev–Trinajstić information content (AvgIpc) is 3.47. The third kappa shape index (κ3) is 4.44. The molecular weight excluding hydrogens is 473 g/mol. The lowest BCUT2D eigenvalue weighted by molar-refractivity contribution is -0.159. The molecular formula is C20H15F3N8O2S. The van der Waals surface area contributed by atoms with Gasteiger partial charge in [0.15, 0.2) is 17.3 Å². The lowest BCUT2D eigenvalue weighted by Crippen LogP contribution is -2.42. The van der Waals surface area contributed by atoms with Crippen LogP contribution in [0.5, 0.6) is 0 Å². The van der Waals surface area contributed by atoms with E-state index in [-0.39, 0.29) is 24.0 Å². The summed E-state index contributed by atoms with van der Waals surface area (Å²) in [4.78, 5) is 28.8. The van der Waals surface area contributed by atoms with E-state index in [9.17, 15) is 18.0 Å². The third-order valence-electron chi connectivity index (χ3n) is 4.98. The second-order valence-electron chi connectivity index (χ2n) is 7.26. The maximum absolute atomic E-state index is 12.8. The topological polar surface area (TPSA) is 114 Å². The van der Waals surface area contributed by atoms with Gasteiger partial charge < -0.3 is 14.3 Å². The molecule has 0 aliphatic carbocycles. The Morgan fingerprint density at radius 3 is 2.59 bits per heavy atom. The molecule has 0 radical (unpaired) electrons. The molecule has 4 aromatic heterocycles. The van der Waals surface area contributed by atoms with Crippen LogP contribution in [0.25, 0.3) is 10.7 Å². The maximum atomic E-state index is 12.8. The first kappa shape index (κ1) is 21.9. The average molecular weight is 488 g/mol. The molecule has 4 aromatic rings. The fourth-order valence-electron chi connectivity index (χ4n) is 3.15. The van der Waals surface area contributed by atoms with Crippen molar-refractivity contribution in [3.8, 4) is 10.7 Å². The predicted molar refractivity (Wildman–Crippen MR) is 113 cm³/mol. The predicted octanol–water partition coefficient (Wildman–Crippen LogP) is 3.58. The number of hydrogen-bond donors (Lipinski definition) is 0. The molecule has 0 spiro atoms. The van der Waals surface area contributed by atoms with Gasteiger partial charge in [0.25, 0.3) is 5.91 Å². The molecule has 14 heteroatoms. The highest BCUT2D eigenvalue weighted by Gasteiger charge is 2.38. The largest absolute Gasteiger partial charge is 0.471 e. The monoisotopic (exact) mass is 488 g/mol. The molecule has 0 N–H and O–H groups in total. The van der Waals surface area contributed by atoms with Crippen molar-refractivity contribution in [1.82, 2.24) is 35.2 Å². The summed E-state index contributed by atoms with van der Waals surface area (Å²) in [5, 5.41) is 11.7. The van der Waals surface area contributed by atoms with E-state index >= 15 is 0 Å². The highest BCUT2D eigenvalue weighted by atomic mass is 32.1. The van der Waals surface area contributed by atoms with E-state index in [0.29, 0.717) is 29.6 Å². The summed E-state index contributed by atoms with van der Waals surface area (Å²) in [5.74, 6) is -0.815. The van der Waals surface area contributed by atoms with Gasteiger partial charge in [-0.15, -0.1) is 21.5 Å². The lowest BCUT2D eigenvalue weighted by atomic mass is 10.2.